The minimum Gasteiger partial charge on any atom is -0.388 e. The number of aliphatic hydroxyl groups is 1. The van der Waals surface area contributed by atoms with Crippen molar-refractivity contribution in [1.82, 2.24) is 0 Å². The fourth-order valence-corrected chi connectivity index (χ4v) is 0.653. The zero-order chi connectivity index (χ0) is 5.98. The van der Waals surface area contributed by atoms with E-state index < -0.39 is 6.10 Å². The Morgan fingerprint density at radius 3 is 2.62 bits per heavy atom. The lowest BCUT2D eigenvalue weighted by Gasteiger charge is -2.06. The maximum atomic E-state index is 8.86. The summed E-state index contributed by atoms with van der Waals surface area (Å²) in [7, 11) is 0. The maximum absolute atomic E-state index is 8.86. The van der Waals surface area contributed by atoms with Gasteiger partial charge >= 0.3 is 0 Å². The summed E-state index contributed by atoms with van der Waals surface area (Å²) in [5, 5.41) is 8.86. The summed E-state index contributed by atoms with van der Waals surface area (Å²) in [4.78, 5) is 4.35. The smallest absolute Gasteiger partial charge is 0.130 e. The number of aliphatic hydroxyl groups excluding tert-OH is 1. The third kappa shape index (κ3) is 0.976. The molecule has 0 bridgehead atoms. The molecule has 0 aromatic rings. The Morgan fingerprint density at radius 2 is 2.38 bits per heavy atom. The quantitative estimate of drug-likeness (QED) is 0.418. The van der Waals surface area contributed by atoms with Crippen molar-refractivity contribution < 1.29 is 14.7 Å². The van der Waals surface area contributed by atoms with Crippen molar-refractivity contribution in [2.45, 2.75) is 12.2 Å². The van der Waals surface area contributed by atoms with Gasteiger partial charge in [-0.15, -0.1) is 0 Å². The van der Waals surface area contributed by atoms with E-state index in [1.165, 1.54) is 0 Å². The molecule has 0 radical (unpaired) electrons. The Morgan fingerprint density at radius 1 is 1.62 bits per heavy atom. The van der Waals surface area contributed by atoms with Crippen LogP contribution in [0.5, 0.6) is 0 Å². The molecule has 1 fully saturated rings. The van der Waals surface area contributed by atoms with E-state index >= 15 is 0 Å². The van der Waals surface area contributed by atoms with Crippen molar-refractivity contribution in [3.63, 3.8) is 0 Å². The van der Waals surface area contributed by atoms with Crippen molar-refractivity contribution in [3.8, 4) is 0 Å². The summed E-state index contributed by atoms with van der Waals surface area (Å²) in [6.45, 7) is 0.736. The first-order valence-corrected chi connectivity index (χ1v) is 2.46. The highest BCUT2D eigenvalue weighted by Crippen LogP contribution is 2.06. The van der Waals surface area contributed by atoms with Gasteiger partial charge in [0.1, 0.15) is 12.2 Å². The maximum Gasteiger partial charge on any atom is 0.130 e. The van der Waals surface area contributed by atoms with Crippen LogP contribution >= 0.6 is 0 Å². The molecule has 2 atom stereocenters. The molecule has 0 aromatic carbocycles. The second-order valence-corrected chi connectivity index (χ2v) is 1.78. The monoisotopic (exact) mass is 119 g/mol. The van der Waals surface area contributed by atoms with Crippen LogP contribution in [0.3, 0.4) is 0 Å². The summed E-state index contributed by atoms with van der Waals surface area (Å²) < 4.78 is 4.81. The molecule has 0 unspecified atom stereocenters. The van der Waals surface area contributed by atoms with Gasteiger partial charge in [0.25, 0.3) is 0 Å². The number of ether oxygens (including phenoxy) is 1. The number of hydrogen-bond acceptors (Lipinski definition) is 4. The van der Waals surface area contributed by atoms with Gasteiger partial charge < -0.3 is 9.84 Å². The van der Waals surface area contributed by atoms with E-state index in [1.54, 1.807) is 0 Å². The van der Waals surface area contributed by atoms with Crippen LogP contribution in [-0.4, -0.2) is 30.5 Å². The van der Waals surface area contributed by atoms with Gasteiger partial charge in [0.2, 0.25) is 0 Å². The Bertz CT molecular complexity index is 77.7. The summed E-state index contributed by atoms with van der Waals surface area (Å²) in [6.07, 6.45) is -0.866. The normalized spacial score (nSPS) is 38.2. The van der Waals surface area contributed by atoms with E-state index in [9.17, 15) is 0 Å². The second-order valence-electron chi connectivity index (χ2n) is 1.78. The van der Waals surface area contributed by atoms with Crippen LogP contribution in [-0.2, 0) is 9.57 Å². The number of nitrogens with two attached hydrogens (primary N) is 1. The topological polar surface area (TPSA) is 64.7 Å². The SMILES string of the molecule is NO[C@H]1COC[C@H]1O. The van der Waals surface area contributed by atoms with Gasteiger partial charge in [-0.25, -0.2) is 5.90 Å². The molecule has 48 valence electrons. The fraction of sp³-hybridized carbons (Fsp3) is 1.00. The summed E-state index contributed by atoms with van der Waals surface area (Å²) in [6, 6.07) is 0. The molecule has 0 aromatic heterocycles. The molecule has 1 aliphatic rings. The van der Waals surface area contributed by atoms with E-state index in [2.05, 4.69) is 4.84 Å². The standard InChI is InChI=1S/C4H9NO3/c5-8-4-2-7-1-3(4)6/h3-4,6H,1-2,5H2/t3-,4+/m1/s1. The Labute approximate surface area is 47.1 Å². The molecular weight excluding hydrogens is 110 g/mol. The highest BCUT2D eigenvalue weighted by molar-refractivity contribution is 4.72. The number of rotatable bonds is 1. The largest absolute Gasteiger partial charge is 0.388 e. The van der Waals surface area contributed by atoms with Gasteiger partial charge in [-0.2, -0.15) is 0 Å². The van der Waals surface area contributed by atoms with Crippen LogP contribution in [0.25, 0.3) is 0 Å². The number of hydrogen-bond donors (Lipinski definition) is 2. The summed E-state index contributed by atoms with van der Waals surface area (Å²) in [5.41, 5.74) is 0. The van der Waals surface area contributed by atoms with Crippen molar-refractivity contribution >= 4 is 0 Å². The molecule has 1 saturated heterocycles. The lowest BCUT2D eigenvalue weighted by atomic mass is 10.3. The van der Waals surface area contributed by atoms with Gasteiger partial charge in [-0.05, 0) is 0 Å². The molecule has 1 heterocycles. The molecule has 3 N–H and O–H groups in total. The average molecular weight is 119 g/mol. The molecule has 0 amide bonds. The van der Waals surface area contributed by atoms with Crippen LogP contribution in [0.4, 0.5) is 0 Å². The van der Waals surface area contributed by atoms with Crippen molar-refractivity contribution in [2.75, 3.05) is 13.2 Å². The van der Waals surface area contributed by atoms with E-state index in [1.807, 2.05) is 0 Å². The first-order chi connectivity index (χ1) is 3.84. The van der Waals surface area contributed by atoms with E-state index in [-0.39, 0.29) is 6.10 Å². The highest BCUT2D eigenvalue weighted by Gasteiger charge is 2.25. The van der Waals surface area contributed by atoms with E-state index in [0.29, 0.717) is 13.2 Å². The van der Waals surface area contributed by atoms with Crippen molar-refractivity contribution in [1.29, 1.82) is 0 Å². The summed E-state index contributed by atoms with van der Waals surface area (Å²) in [5.74, 6) is 4.78. The lowest BCUT2D eigenvalue weighted by Crippen LogP contribution is -2.29. The van der Waals surface area contributed by atoms with Crippen molar-refractivity contribution in [3.05, 3.63) is 0 Å². The van der Waals surface area contributed by atoms with Crippen LogP contribution in [0.1, 0.15) is 0 Å². The molecule has 0 aliphatic carbocycles. The minimum atomic E-state index is -0.542. The first-order valence-electron chi connectivity index (χ1n) is 2.46. The predicted octanol–water partition coefficient (Wildman–Crippen LogP) is -1.36. The summed E-state index contributed by atoms with van der Waals surface area (Å²) >= 11 is 0. The lowest BCUT2D eigenvalue weighted by molar-refractivity contribution is -0.0106. The molecular formula is C4H9NO3. The Kier molecular flexibility index (Phi) is 1.80. The zero-order valence-electron chi connectivity index (χ0n) is 4.41. The zero-order valence-corrected chi connectivity index (χ0v) is 4.41. The molecule has 8 heavy (non-hydrogen) atoms. The predicted molar refractivity (Wildman–Crippen MR) is 25.9 cm³/mol. The third-order valence-electron chi connectivity index (χ3n) is 1.17. The highest BCUT2D eigenvalue weighted by atomic mass is 16.7. The average Bonchev–Trinajstić information content (AvgIpc) is 2.14. The van der Waals surface area contributed by atoms with Gasteiger partial charge in [-0.3, -0.25) is 4.84 Å². The molecule has 4 heteroatoms. The Balaban J connectivity index is 2.30. The van der Waals surface area contributed by atoms with Crippen LogP contribution in [0.15, 0.2) is 0 Å². The van der Waals surface area contributed by atoms with Crippen LogP contribution in [0, 0.1) is 0 Å². The molecule has 0 saturated carbocycles. The van der Waals surface area contributed by atoms with Gasteiger partial charge in [-0.1, -0.05) is 0 Å². The van der Waals surface area contributed by atoms with Crippen LogP contribution < -0.4 is 5.90 Å². The molecule has 4 nitrogen and oxygen atoms in total. The fourth-order valence-electron chi connectivity index (χ4n) is 0.653. The van der Waals surface area contributed by atoms with Gasteiger partial charge in [0.05, 0.1) is 13.2 Å². The first kappa shape index (κ1) is 5.97. The van der Waals surface area contributed by atoms with E-state index in [0.717, 1.165) is 0 Å². The Hall–Kier alpha value is -0.160. The van der Waals surface area contributed by atoms with Crippen LogP contribution in [0.2, 0.25) is 0 Å². The van der Waals surface area contributed by atoms with Gasteiger partial charge in [0, 0.05) is 0 Å². The van der Waals surface area contributed by atoms with Gasteiger partial charge in [0.15, 0.2) is 0 Å². The molecule has 1 aliphatic heterocycles. The minimum absolute atomic E-state index is 0.324. The third-order valence-corrected chi connectivity index (χ3v) is 1.17. The molecule has 1 rings (SSSR count). The second kappa shape index (κ2) is 2.41. The molecule has 0 spiro atoms. The van der Waals surface area contributed by atoms with Crippen molar-refractivity contribution in [2.24, 2.45) is 5.90 Å². The van der Waals surface area contributed by atoms with E-state index in [4.69, 9.17) is 15.7 Å².